The summed E-state index contributed by atoms with van der Waals surface area (Å²) in [5, 5.41) is 0. The number of rotatable bonds is 1. The van der Waals surface area contributed by atoms with Crippen LogP contribution in [-0.4, -0.2) is 4.98 Å². The second kappa shape index (κ2) is 2.91. The smallest absolute Gasteiger partial charge is 0.184 e. The molecule has 1 heterocycles. The zero-order valence-corrected chi connectivity index (χ0v) is 7.14. The molecule has 0 amide bonds. The van der Waals surface area contributed by atoms with Crippen LogP contribution in [0.3, 0.4) is 0 Å². The molecule has 1 rings (SSSR count). The molecular weight excluding hydrogens is 138 g/mol. The van der Waals surface area contributed by atoms with Gasteiger partial charge in [0.1, 0.15) is 0 Å². The van der Waals surface area contributed by atoms with E-state index in [0.29, 0.717) is 5.92 Å². The van der Waals surface area contributed by atoms with Crippen molar-refractivity contribution in [3.8, 4) is 0 Å². The Hall–Kier alpha value is -1.05. The highest BCUT2D eigenvalue weighted by Gasteiger charge is 2.04. The Kier molecular flexibility index (Phi) is 2.13. The van der Waals surface area contributed by atoms with Gasteiger partial charge in [0.2, 0.25) is 0 Å². The fraction of sp³-hybridized carbons (Fsp3) is 0.444. The highest BCUT2D eigenvalue weighted by Crippen LogP contribution is 2.11. The number of hydrogen-bond acceptors (Lipinski definition) is 1. The Morgan fingerprint density at radius 2 is 2.09 bits per heavy atom. The maximum atomic E-state index is 11.1. The molecule has 0 spiro atoms. The van der Waals surface area contributed by atoms with E-state index in [-0.39, 0.29) is 5.43 Å². The van der Waals surface area contributed by atoms with Gasteiger partial charge in [-0.05, 0) is 12.8 Å². The Balaban J connectivity index is 3.28. The third-order valence-corrected chi connectivity index (χ3v) is 1.82. The lowest BCUT2D eigenvalue weighted by Crippen LogP contribution is -2.09. The third kappa shape index (κ3) is 1.50. The Morgan fingerprint density at radius 1 is 1.45 bits per heavy atom. The van der Waals surface area contributed by atoms with Crippen molar-refractivity contribution in [2.75, 3.05) is 0 Å². The topological polar surface area (TPSA) is 32.9 Å². The van der Waals surface area contributed by atoms with Crippen LogP contribution in [0.1, 0.15) is 31.0 Å². The number of pyridine rings is 1. The molecule has 2 heteroatoms. The first-order valence-corrected chi connectivity index (χ1v) is 3.81. The molecule has 11 heavy (non-hydrogen) atoms. The standard InChI is InChI=1S/C9H13NO/c1-6(2)9-7(3)8(11)4-5-10-9/h4-6H,1-3H3,(H,10,11). The molecule has 0 aliphatic rings. The largest absolute Gasteiger partial charge is 0.364 e. The molecule has 0 saturated heterocycles. The highest BCUT2D eigenvalue weighted by atomic mass is 16.1. The summed E-state index contributed by atoms with van der Waals surface area (Å²) in [6, 6.07) is 1.56. The van der Waals surface area contributed by atoms with Crippen LogP contribution in [-0.2, 0) is 0 Å². The normalized spacial score (nSPS) is 10.5. The zero-order valence-electron chi connectivity index (χ0n) is 7.14. The molecule has 0 saturated carbocycles. The summed E-state index contributed by atoms with van der Waals surface area (Å²) in [5.41, 5.74) is 1.99. The quantitative estimate of drug-likeness (QED) is 0.652. The van der Waals surface area contributed by atoms with Gasteiger partial charge in [0.05, 0.1) is 0 Å². The first-order valence-electron chi connectivity index (χ1n) is 3.81. The van der Waals surface area contributed by atoms with Crippen LogP contribution in [0.5, 0.6) is 0 Å². The van der Waals surface area contributed by atoms with E-state index in [4.69, 9.17) is 0 Å². The van der Waals surface area contributed by atoms with Gasteiger partial charge in [-0.15, -0.1) is 0 Å². The predicted octanol–water partition coefficient (Wildman–Crippen LogP) is 1.81. The van der Waals surface area contributed by atoms with E-state index in [2.05, 4.69) is 18.8 Å². The molecule has 2 nitrogen and oxygen atoms in total. The molecule has 0 aliphatic carbocycles. The van der Waals surface area contributed by atoms with E-state index in [9.17, 15) is 4.79 Å². The number of aromatic nitrogens is 1. The summed E-state index contributed by atoms with van der Waals surface area (Å²) in [5.74, 6) is 0.392. The van der Waals surface area contributed by atoms with Crippen molar-refractivity contribution in [1.29, 1.82) is 0 Å². The van der Waals surface area contributed by atoms with Crippen LogP contribution in [0.4, 0.5) is 0 Å². The summed E-state index contributed by atoms with van der Waals surface area (Å²) in [6.45, 7) is 5.99. The summed E-state index contributed by atoms with van der Waals surface area (Å²) in [4.78, 5) is 14.2. The second-order valence-electron chi connectivity index (χ2n) is 3.04. The van der Waals surface area contributed by atoms with Crippen molar-refractivity contribution in [2.45, 2.75) is 26.7 Å². The van der Waals surface area contributed by atoms with Crippen molar-refractivity contribution in [1.82, 2.24) is 4.98 Å². The van der Waals surface area contributed by atoms with E-state index in [1.165, 1.54) is 0 Å². The van der Waals surface area contributed by atoms with Gasteiger partial charge in [0.15, 0.2) is 5.43 Å². The first-order chi connectivity index (χ1) is 5.13. The minimum absolute atomic E-state index is 0.118. The van der Waals surface area contributed by atoms with Crippen LogP contribution in [0.15, 0.2) is 17.1 Å². The minimum Gasteiger partial charge on any atom is -0.364 e. The van der Waals surface area contributed by atoms with Gasteiger partial charge in [-0.25, -0.2) is 0 Å². The molecule has 60 valence electrons. The SMILES string of the molecule is Cc1c(C(C)C)[nH]ccc1=O. The van der Waals surface area contributed by atoms with Gasteiger partial charge >= 0.3 is 0 Å². The number of H-pyrrole nitrogens is 1. The van der Waals surface area contributed by atoms with E-state index < -0.39 is 0 Å². The second-order valence-corrected chi connectivity index (χ2v) is 3.04. The molecule has 0 radical (unpaired) electrons. The fourth-order valence-electron chi connectivity index (χ4n) is 1.17. The van der Waals surface area contributed by atoms with Gasteiger partial charge in [-0.3, -0.25) is 4.79 Å². The van der Waals surface area contributed by atoms with Crippen LogP contribution < -0.4 is 5.43 Å². The van der Waals surface area contributed by atoms with E-state index >= 15 is 0 Å². The van der Waals surface area contributed by atoms with Gasteiger partial charge in [0.25, 0.3) is 0 Å². The Bertz CT molecular complexity index is 299. The van der Waals surface area contributed by atoms with Crippen molar-refractivity contribution in [3.63, 3.8) is 0 Å². The van der Waals surface area contributed by atoms with Crippen LogP contribution >= 0.6 is 0 Å². The molecule has 0 aromatic carbocycles. The fourth-order valence-corrected chi connectivity index (χ4v) is 1.17. The van der Waals surface area contributed by atoms with E-state index in [1.807, 2.05) is 6.92 Å². The lowest BCUT2D eigenvalue weighted by molar-refractivity contribution is 0.808. The summed E-state index contributed by atoms with van der Waals surface area (Å²) >= 11 is 0. The zero-order chi connectivity index (χ0) is 8.43. The monoisotopic (exact) mass is 151 g/mol. The molecule has 1 aromatic heterocycles. The molecule has 0 aliphatic heterocycles. The first kappa shape index (κ1) is 8.05. The van der Waals surface area contributed by atoms with Gasteiger partial charge < -0.3 is 4.98 Å². The lowest BCUT2D eigenvalue weighted by Gasteiger charge is -2.07. The lowest BCUT2D eigenvalue weighted by atomic mass is 10.1. The number of hydrogen-bond donors (Lipinski definition) is 1. The molecule has 0 bridgehead atoms. The molecule has 1 N–H and O–H groups in total. The van der Waals surface area contributed by atoms with Crippen LogP contribution in [0, 0.1) is 6.92 Å². The van der Waals surface area contributed by atoms with Crippen LogP contribution in [0.25, 0.3) is 0 Å². The highest BCUT2D eigenvalue weighted by molar-refractivity contribution is 5.20. The number of nitrogens with one attached hydrogen (secondary N) is 1. The van der Waals surface area contributed by atoms with Crippen molar-refractivity contribution < 1.29 is 0 Å². The van der Waals surface area contributed by atoms with Gasteiger partial charge in [-0.2, -0.15) is 0 Å². The summed E-state index contributed by atoms with van der Waals surface area (Å²) < 4.78 is 0. The van der Waals surface area contributed by atoms with E-state index in [1.54, 1.807) is 12.3 Å². The van der Waals surface area contributed by atoms with E-state index in [0.717, 1.165) is 11.3 Å². The number of aromatic amines is 1. The van der Waals surface area contributed by atoms with Crippen molar-refractivity contribution in [2.24, 2.45) is 0 Å². The molecule has 0 unspecified atom stereocenters. The predicted molar refractivity (Wildman–Crippen MR) is 45.9 cm³/mol. The average Bonchev–Trinajstić information content (AvgIpc) is 1.94. The van der Waals surface area contributed by atoms with Crippen LogP contribution in [0.2, 0.25) is 0 Å². The molecule has 0 fully saturated rings. The molecular formula is C9H13NO. The van der Waals surface area contributed by atoms with Gasteiger partial charge in [0, 0.05) is 23.5 Å². The van der Waals surface area contributed by atoms with Crippen molar-refractivity contribution in [3.05, 3.63) is 33.7 Å². The molecule has 0 atom stereocenters. The summed E-state index contributed by atoms with van der Waals surface area (Å²) in [6.07, 6.45) is 1.70. The minimum atomic E-state index is 0.118. The maximum absolute atomic E-state index is 11.1. The van der Waals surface area contributed by atoms with Gasteiger partial charge in [-0.1, -0.05) is 13.8 Å². The Morgan fingerprint density at radius 3 is 2.55 bits per heavy atom. The summed E-state index contributed by atoms with van der Waals surface area (Å²) in [7, 11) is 0. The van der Waals surface area contributed by atoms with Crippen molar-refractivity contribution >= 4 is 0 Å². The third-order valence-electron chi connectivity index (χ3n) is 1.82. The average molecular weight is 151 g/mol. The maximum Gasteiger partial charge on any atom is 0.184 e. The Labute approximate surface area is 66.3 Å². The molecule has 1 aromatic rings.